The lowest BCUT2D eigenvalue weighted by atomic mass is 9.82. The van der Waals surface area contributed by atoms with E-state index in [1.165, 1.54) is 6.33 Å². The van der Waals surface area contributed by atoms with Crippen LogP contribution in [0.2, 0.25) is 0 Å². The van der Waals surface area contributed by atoms with Gasteiger partial charge in [-0.05, 0) is 39.8 Å². The van der Waals surface area contributed by atoms with Crippen molar-refractivity contribution in [3.8, 4) is 0 Å². The molecule has 0 unspecified atom stereocenters. The van der Waals surface area contributed by atoms with Gasteiger partial charge in [-0.1, -0.05) is 0 Å². The van der Waals surface area contributed by atoms with Crippen molar-refractivity contribution in [3.05, 3.63) is 12.5 Å². The number of hydrogen-bond donors (Lipinski definition) is 2. The Morgan fingerprint density at radius 1 is 1.43 bits per heavy atom. The second-order valence-corrected chi connectivity index (χ2v) is 6.28. The summed E-state index contributed by atoms with van der Waals surface area (Å²) in [4.78, 5) is 10.3. The SMILES string of the molecule is CN(C)CC1(O)CCC(n2nc(N)c3cncnc32)CC1. The first-order valence-electron chi connectivity index (χ1n) is 7.29. The molecule has 0 saturated heterocycles. The predicted molar refractivity (Wildman–Crippen MR) is 80.7 cm³/mol. The molecule has 2 heterocycles. The molecule has 0 aromatic carbocycles. The number of nitrogens with two attached hydrogens (primary N) is 1. The van der Waals surface area contributed by atoms with Gasteiger partial charge in [-0.15, -0.1) is 0 Å². The Hall–Kier alpha value is -1.73. The first-order valence-corrected chi connectivity index (χ1v) is 7.29. The van der Waals surface area contributed by atoms with Crippen LogP contribution in [0.15, 0.2) is 12.5 Å². The number of aliphatic hydroxyl groups is 1. The largest absolute Gasteiger partial charge is 0.389 e. The normalized spacial score (nSPS) is 26.6. The molecule has 3 rings (SSSR count). The highest BCUT2D eigenvalue weighted by atomic mass is 16.3. The summed E-state index contributed by atoms with van der Waals surface area (Å²) < 4.78 is 1.90. The van der Waals surface area contributed by atoms with Crippen LogP contribution < -0.4 is 5.73 Å². The minimum absolute atomic E-state index is 0.238. The maximum Gasteiger partial charge on any atom is 0.163 e. The molecule has 1 aliphatic rings. The van der Waals surface area contributed by atoms with Gasteiger partial charge in [0.25, 0.3) is 0 Å². The summed E-state index contributed by atoms with van der Waals surface area (Å²) >= 11 is 0. The van der Waals surface area contributed by atoms with E-state index >= 15 is 0 Å². The predicted octanol–water partition coefficient (Wildman–Crippen LogP) is 0.816. The molecule has 7 nitrogen and oxygen atoms in total. The van der Waals surface area contributed by atoms with Gasteiger partial charge < -0.3 is 15.7 Å². The molecular weight excluding hydrogens is 268 g/mol. The van der Waals surface area contributed by atoms with Crippen molar-refractivity contribution in [1.82, 2.24) is 24.6 Å². The third-order valence-electron chi connectivity index (χ3n) is 4.24. The number of anilines is 1. The van der Waals surface area contributed by atoms with Crippen molar-refractivity contribution < 1.29 is 5.11 Å². The van der Waals surface area contributed by atoms with E-state index in [4.69, 9.17) is 5.73 Å². The molecule has 0 bridgehead atoms. The summed E-state index contributed by atoms with van der Waals surface area (Å²) in [6, 6.07) is 0.238. The number of likely N-dealkylation sites (N-methyl/N-ethyl adjacent to an activating group) is 1. The van der Waals surface area contributed by atoms with Crippen LogP contribution in [0.5, 0.6) is 0 Å². The van der Waals surface area contributed by atoms with Gasteiger partial charge in [0.15, 0.2) is 11.5 Å². The van der Waals surface area contributed by atoms with Crippen molar-refractivity contribution >= 4 is 16.9 Å². The van der Waals surface area contributed by atoms with Gasteiger partial charge in [-0.3, -0.25) is 0 Å². The Balaban J connectivity index is 1.80. The molecule has 0 atom stereocenters. The molecule has 3 N–H and O–H groups in total. The van der Waals surface area contributed by atoms with E-state index in [1.807, 2.05) is 23.7 Å². The highest BCUT2D eigenvalue weighted by Gasteiger charge is 2.35. The highest BCUT2D eigenvalue weighted by molar-refractivity contribution is 5.85. The van der Waals surface area contributed by atoms with E-state index < -0.39 is 5.60 Å². The first-order chi connectivity index (χ1) is 9.98. The molecule has 21 heavy (non-hydrogen) atoms. The fourth-order valence-corrected chi connectivity index (χ4v) is 3.29. The molecule has 114 valence electrons. The fraction of sp³-hybridized carbons (Fsp3) is 0.643. The maximum absolute atomic E-state index is 10.6. The topological polar surface area (TPSA) is 93.1 Å². The van der Waals surface area contributed by atoms with Crippen LogP contribution >= 0.6 is 0 Å². The van der Waals surface area contributed by atoms with Crippen molar-refractivity contribution in [2.24, 2.45) is 0 Å². The number of rotatable bonds is 3. The van der Waals surface area contributed by atoms with Gasteiger partial charge in [0, 0.05) is 12.7 Å². The first kappa shape index (κ1) is 14.2. The summed E-state index contributed by atoms with van der Waals surface area (Å²) in [6.07, 6.45) is 6.51. The number of aromatic nitrogens is 4. The molecule has 0 radical (unpaired) electrons. The second-order valence-electron chi connectivity index (χ2n) is 6.28. The van der Waals surface area contributed by atoms with Gasteiger partial charge in [0.05, 0.1) is 17.0 Å². The van der Waals surface area contributed by atoms with Gasteiger partial charge in [0.1, 0.15) is 6.33 Å². The van der Waals surface area contributed by atoms with Crippen molar-refractivity contribution in [3.63, 3.8) is 0 Å². The fourth-order valence-electron chi connectivity index (χ4n) is 3.29. The number of fused-ring (bicyclic) bond motifs is 1. The average molecular weight is 290 g/mol. The zero-order chi connectivity index (χ0) is 15.0. The highest BCUT2D eigenvalue weighted by Crippen LogP contribution is 2.36. The Bertz CT molecular complexity index is 629. The lowest BCUT2D eigenvalue weighted by Crippen LogP contribution is -2.43. The van der Waals surface area contributed by atoms with E-state index in [-0.39, 0.29) is 6.04 Å². The molecule has 1 aliphatic carbocycles. The van der Waals surface area contributed by atoms with Crippen LogP contribution in [0, 0.1) is 0 Å². The van der Waals surface area contributed by atoms with E-state index in [0.29, 0.717) is 12.4 Å². The lowest BCUT2D eigenvalue weighted by molar-refractivity contribution is -0.0266. The van der Waals surface area contributed by atoms with Gasteiger partial charge >= 0.3 is 0 Å². The third kappa shape index (κ3) is 2.71. The van der Waals surface area contributed by atoms with Crippen LogP contribution in [0.1, 0.15) is 31.7 Å². The van der Waals surface area contributed by atoms with E-state index in [0.717, 1.165) is 36.7 Å². The van der Waals surface area contributed by atoms with Crippen molar-refractivity contribution in [1.29, 1.82) is 0 Å². The Morgan fingerprint density at radius 3 is 2.81 bits per heavy atom. The second kappa shape index (κ2) is 5.23. The molecule has 7 heteroatoms. The monoisotopic (exact) mass is 290 g/mol. The minimum atomic E-state index is -0.594. The Morgan fingerprint density at radius 2 is 2.14 bits per heavy atom. The lowest BCUT2D eigenvalue weighted by Gasteiger charge is -2.37. The summed E-state index contributed by atoms with van der Waals surface area (Å²) in [5, 5.41) is 15.8. The van der Waals surface area contributed by atoms with Gasteiger partial charge in [-0.2, -0.15) is 5.10 Å². The van der Waals surface area contributed by atoms with E-state index in [9.17, 15) is 5.11 Å². The standard InChI is InChI=1S/C14H22N6O/c1-19(2)8-14(21)5-3-10(4-6-14)20-13-11(12(15)18-20)7-16-9-17-13/h7,9-10,21H,3-6,8H2,1-2H3,(H2,15,18). The van der Waals surface area contributed by atoms with E-state index in [1.54, 1.807) is 6.20 Å². The summed E-state index contributed by atoms with van der Waals surface area (Å²) in [7, 11) is 3.98. The summed E-state index contributed by atoms with van der Waals surface area (Å²) in [5.41, 5.74) is 6.12. The summed E-state index contributed by atoms with van der Waals surface area (Å²) in [6.45, 7) is 0.698. The number of nitrogens with zero attached hydrogens (tertiary/aromatic N) is 5. The molecular formula is C14H22N6O. The van der Waals surface area contributed by atoms with Gasteiger partial charge in [-0.25, -0.2) is 14.6 Å². The van der Waals surface area contributed by atoms with Crippen molar-refractivity contribution in [2.45, 2.75) is 37.3 Å². The molecule has 1 saturated carbocycles. The van der Waals surface area contributed by atoms with Crippen molar-refractivity contribution in [2.75, 3.05) is 26.4 Å². The molecule has 1 fully saturated rings. The smallest absolute Gasteiger partial charge is 0.163 e. The third-order valence-corrected chi connectivity index (χ3v) is 4.24. The molecule has 0 spiro atoms. The molecule has 0 amide bonds. The van der Waals surface area contributed by atoms with Gasteiger partial charge in [0.2, 0.25) is 0 Å². The van der Waals surface area contributed by atoms with Crippen LogP contribution in [0.4, 0.5) is 5.82 Å². The zero-order valence-corrected chi connectivity index (χ0v) is 12.5. The van der Waals surface area contributed by atoms with Crippen LogP contribution in [0.3, 0.4) is 0 Å². The minimum Gasteiger partial charge on any atom is -0.389 e. The quantitative estimate of drug-likeness (QED) is 0.869. The number of nitrogen functional groups attached to an aromatic ring is 1. The maximum atomic E-state index is 10.6. The van der Waals surface area contributed by atoms with Crippen LogP contribution in [0.25, 0.3) is 11.0 Å². The van der Waals surface area contributed by atoms with E-state index in [2.05, 4.69) is 15.1 Å². The van der Waals surface area contributed by atoms with Crippen LogP contribution in [-0.4, -0.2) is 56.0 Å². The molecule has 2 aromatic rings. The van der Waals surface area contributed by atoms with Crippen LogP contribution in [-0.2, 0) is 0 Å². The Labute approximate surface area is 123 Å². The number of hydrogen-bond acceptors (Lipinski definition) is 6. The average Bonchev–Trinajstić information content (AvgIpc) is 2.77. The zero-order valence-electron chi connectivity index (χ0n) is 12.5. The summed E-state index contributed by atoms with van der Waals surface area (Å²) in [5.74, 6) is 0.472. The molecule has 0 aliphatic heterocycles. The Kier molecular flexibility index (Phi) is 3.54. The molecule has 2 aromatic heterocycles.